The molecular weight excluding hydrogens is 496 g/mol. The molecule has 0 N–H and O–H groups in total. The highest BCUT2D eigenvalue weighted by molar-refractivity contribution is 5.03. The summed E-state index contributed by atoms with van der Waals surface area (Å²) in [6.07, 6.45) is 30.5. The van der Waals surface area contributed by atoms with Gasteiger partial charge in [0.1, 0.15) is 0 Å². The average Bonchev–Trinajstić information content (AvgIpc) is 3.52. The van der Waals surface area contributed by atoms with Crippen LogP contribution < -0.4 is 0 Å². The smallest absolute Gasteiger partial charge is 0.0920 e. The molecule has 0 amide bonds. The van der Waals surface area contributed by atoms with Crippen molar-refractivity contribution in [2.24, 2.45) is 35.5 Å². The number of epoxide rings is 1. The topological polar surface area (TPSA) is 12.5 Å². The molecule has 6 atom stereocenters. The summed E-state index contributed by atoms with van der Waals surface area (Å²) in [5.74, 6) is 5.31. The molecule has 0 aliphatic carbocycles. The summed E-state index contributed by atoms with van der Waals surface area (Å²) in [6.45, 7) is 24.0. The first-order valence-corrected chi connectivity index (χ1v) is 18.7. The van der Waals surface area contributed by atoms with Crippen molar-refractivity contribution in [2.75, 3.05) is 0 Å². The van der Waals surface area contributed by atoms with E-state index in [0.29, 0.717) is 6.10 Å². The molecule has 1 fully saturated rings. The molecule has 0 unspecified atom stereocenters. The van der Waals surface area contributed by atoms with E-state index in [2.05, 4.69) is 75.3 Å². The van der Waals surface area contributed by atoms with Crippen LogP contribution in [0.15, 0.2) is 11.6 Å². The van der Waals surface area contributed by atoms with Crippen molar-refractivity contribution >= 4 is 0 Å². The number of hydrogen-bond donors (Lipinski definition) is 0. The van der Waals surface area contributed by atoms with Gasteiger partial charge in [0.25, 0.3) is 0 Å². The van der Waals surface area contributed by atoms with Gasteiger partial charge in [0.05, 0.1) is 11.7 Å². The third kappa shape index (κ3) is 21.1. The van der Waals surface area contributed by atoms with E-state index < -0.39 is 0 Å². The molecule has 0 aromatic heterocycles. The van der Waals surface area contributed by atoms with Crippen molar-refractivity contribution in [1.82, 2.24) is 0 Å². The molecule has 1 rings (SSSR count). The van der Waals surface area contributed by atoms with Crippen LogP contribution in [0.2, 0.25) is 0 Å². The Balaban J connectivity index is 2.04. The molecule has 0 aromatic carbocycles. The first-order chi connectivity index (χ1) is 19.4. The number of ether oxygens (including phenoxy) is 1. The molecular formula is C40H78O. The third-order valence-electron chi connectivity index (χ3n) is 10.3. The SMILES string of the molecule is C/C(=C\CC[C@H]1O[C@@]1(C)CCC[C@H](C)CCC[C@H](C)CCCC(C)C)CCC[C@H](C)CCC[C@H](C)CCCC(C)C. The van der Waals surface area contributed by atoms with Crippen LogP contribution in [-0.2, 0) is 4.74 Å². The highest BCUT2D eigenvalue weighted by atomic mass is 16.6. The molecule has 1 aliphatic heterocycles. The minimum absolute atomic E-state index is 0.174. The quantitative estimate of drug-likeness (QED) is 0.0702. The van der Waals surface area contributed by atoms with Crippen LogP contribution in [0, 0.1) is 35.5 Å². The second-order valence-corrected chi connectivity index (χ2v) is 16.3. The molecule has 1 heteroatoms. The number of rotatable bonds is 27. The Morgan fingerprint density at radius 2 is 0.976 bits per heavy atom. The Kier molecular flexibility index (Phi) is 21.0. The van der Waals surface area contributed by atoms with Crippen molar-refractivity contribution in [3.8, 4) is 0 Å². The van der Waals surface area contributed by atoms with Crippen LogP contribution in [0.25, 0.3) is 0 Å². The standard InChI is InChI=1S/C40H78O/c1-32(2)18-11-20-34(5)22-13-24-36(7)25-14-26-37(8)28-16-30-39-40(10,41-39)31-17-29-38(9)27-15-23-35(6)21-12-19-33(3)4/h28,32-36,38-39H,11-27,29-31H2,1-10H3/b37-28+/t34-,35-,36-,38-,39-,40+/m1/s1. The van der Waals surface area contributed by atoms with E-state index in [1.807, 2.05) is 0 Å². The molecule has 0 radical (unpaired) electrons. The summed E-state index contributed by atoms with van der Waals surface area (Å²) in [5, 5.41) is 0. The zero-order chi connectivity index (χ0) is 30.7. The van der Waals surface area contributed by atoms with Gasteiger partial charge in [0, 0.05) is 0 Å². The van der Waals surface area contributed by atoms with E-state index in [1.165, 1.54) is 128 Å². The van der Waals surface area contributed by atoms with Gasteiger partial charge in [0.15, 0.2) is 0 Å². The first-order valence-electron chi connectivity index (χ1n) is 18.7. The van der Waals surface area contributed by atoms with E-state index in [4.69, 9.17) is 4.74 Å². The lowest BCUT2D eigenvalue weighted by Gasteiger charge is -2.15. The second kappa shape index (κ2) is 22.2. The Hall–Kier alpha value is -0.300. The lowest BCUT2D eigenvalue weighted by atomic mass is 9.90. The van der Waals surface area contributed by atoms with Crippen LogP contribution in [0.1, 0.15) is 198 Å². The Bertz CT molecular complexity index is 647. The van der Waals surface area contributed by atoms with Gasteiger partial charge >= 0.3 is 0 Å². The predicted molar refractivity (Wildman–Crippen MR) is 186 cm³/mol. The first kappa shape index (κ1) is 38.7. The van der Waals surface area contributed by atoms with E-state index in [9.17, 15) is 0 Å². The molecule has 244 valence electrons. The lowest BCUT2D eigenvalue weighted by molar-refractivity contribution is 0.283. The van der Waals surface area contributed by atoms with Gasteiger partial charge in [-0.15, -0.1) is 0 Å². The maximum atomic E-state index is 6.20. The number of allylic oxidation sites excluding steroid dienone is 2. The van der Waals surface area contributed by atoms with E-state index in [0.717, 1.165) is 35.5 Å². The largest absolute Gasteiger partial charge is 0.366 e. The fourth-order valence-electron chi connectivity index (χ4n) is 6.95. The normalized spacial score (nSPS) is 22.3. The molecule has 0 spiro atoms. The Morgan fingerprint density at radius 1 is 0.585 bits per heavy atom. The Morgan fingerprint density at radius 3 is 1.41 bits per heavy atom. The fourth-order valence-corrected chi connectivity index (χ4v) is 6.95. The van der Waals surface area contributed by atoms with Gasteiger partial charge in [-0.25, -0.2) is 0 Å². The maximum absolute atomic E-state index is 6.20. The van der Waals surface area contributed by atoms with Crippen LogP contribution in [-0.4, -0.2) is 11.7 Å². The molecule has 0 saturated carbocycles. The van der Waals surface area contributed by atoms with Gasteiger partial charge in [-0.2, -0.15) is 0 Å². The van der Waals surface area contributed by atoms with E-state index in [-0.39, 0.29) is 5.60 Å². The third-order valence-corrected chi connectivity index (χ3v) is 10.3. The molecule has 1 aliphatic rings. The van der Waals surface area contributed by atoms with E-state index in [1.54, 1.807) is 5.57 Å². The minimum Gasteiger partial charge on any atom is -0.366 e. The van der Waals surface area contributed by atoms with Crippen LogP contribution in [0.5, 0.6) is 0 Å². The summed E-state index contributed by atoms with van der Waals surface area (Å²) in [4.78, 5) is 0. The summed E-state index contributed by atoms with van der Waals surface area (Å²) in [7, 11) is 0. The minimum atomic E-state index is 0.174. The highest BCUT2D eigenvalue weighted by Gasteiger charge is 2.50. The van der Waals surface area contributed by atoms with Gasteiger partial charge in [-0.05, 0) is 81.5 Å². The molecule has 41 heavy (non-hydrogen) atoms. The summed E-state index contributed by atoms with van der Waals surface area (Å²) >= 11 is 0. The lowest BCUT2D eigenvalue weighted by Crippen LogP contribution is -2.10. The molecule has 0 aromatic rings. The summed E-state index contributed by atoms with van der Waals surface area (Å²) in [6, 6.07) is 0. The fraction of sp³-hybridized carbons (Fsp3) is 0.950. The van der Waals surface area contributed by atoms with Crippen LogP contribution in [0.3, 0.4) is 0 Å². The Labute approximate surface area is 260 Å². The maximum Gasteiger partial charge on any atom is 0.0920 e. The van der Waals surface area contributed by atoms with Crippen molar-refractivity contribution in [3.63, 3.8) is 0 Å². The molecule has 1 saturated heterocycles. The monoisotopic (exact) mass is 575 g/mol. The van der Waals surface area contributed by atoms with E-state index >= 15 is 0 Å². The number of hydrogen-bond acceptors (Lipinski definition) is 1. The van der Waals surface area contributed by atoms with Crippen molar-refractivity contribution in [2.45, 2.75) is 209 Å². The van der Waals surface area contributed by atoms with Crippen molar-refractivity contribution in [1.29, 1.82) is 0 Å². The van der Waals surface area contributed by atoms with Gasteiger partial charge < -0.3 is 4.74 Å². The van der Waals surface area contributed by atoms with Gasteiger partial charge in [-0.3, -0.25) is 0 Å². The average molecular weight is 575 g/mol. The van der Waals surface area contributed by atoms with Gasteiger partial charge in [-0.1, -0.05) is 163 Å². The predicted octanol–water partition coefficient (Wildman–Crippen LogP) is 13.7. The summed E-state index contributed by atoms with van der Waals surface area (Å²) < 4.78 is 6.20. The zero-order valence-corrected chi connectivity index (χ0v) is 30.2. The van der Waals surface area contributed by atoms with Crippen molar-refractivity contribution in [3.05, 3.63) is 11.6 Å². The molecule has 1 nitrogen and oxygen atoms in total. The van der Waals surface area contributed by atoms with Crippen LogP contribution >= 0.6 is 0 Å². The molecule has 0 bridgehead atoms. The summed E-state index contributed by atoms with van der Waals surface area (Å²) in [5.41, 5.74) is 1.77. The van der Waals surface area contributed by atoms with Gasteiger partial charge in [0.2, 0.25) is 0 Å². The zero-order valence-electron chi connectivity index (χ0n) is 30.2. The second-order valence-electron chi connectivity index (χ2n) is 16.3. The van der Waals surface area contributed by atoms with Crippen molar-refractivity contribution < 1.29 is 4.74 Å². The van der Waals surface area contributed by atoms with Crippen LogP contribution in [0.4, 0.5) is 0 Å². The molecule has 1 heterocycles. The highest BCUT2D eigenvalue weighted by Crippen LogP contribution is 2.43.